The molecule has 0 bridgehead atoms. The van der Waals surface area contributed by atoms with Crippen molar-refractivity contribution < 1.29 is 13.9 Å². The second-order valence-electron chi connectivity index (χ2n) is 3.20. The molecule has 0 unspecified atom stereocenters. The maximum absolute atomic E-state index is 13.6. The Balaban J connectivity index is 2.82. The number of nitrogens with zero attached hydrogens (tertiary/aromatic N) is 2. The van der Waals surface area contributed by atoms with E-state index in [-0.39, 0.29) is 16.8 Å². The van der Waals surface area contributed by atoms with Crippen LogP contribution in [0.1, 0.15) is 11.1 Å². The number of anilines is 1. The molecule has 0 saturated carbocycles. The first kappa shape index (κ1) is 13.2. The van der Waals surface area contributed by atoms with Crippen LogP contribution >= 0.6 is 0 Å². The lowest BCUT2D eigenvalue weighted by Crippen LogP contribution is -2.24. The van der Waals surface area contributed by atoms with Crippen LogP contribution in [0.25, 0.3) is 0 Å². The van der Waals surface area contributed by atoms with Crippen LogP contribution in [-0.4, -0.2) is 12.1 Å². The molecule has 0 radical (unpaired) electrons. The van der Waals surface area contributed by atoms with Crippen molar-refractivity contribution in [3.8, 4) is 6.07 Å². The number of nitriles is 1. The molecule has 6 N–H and O–H groups in total. The van der Waals surface area contributed by atoms with Gasteiger partial charge < -0.3 is 21.9 Å². The van der Waals surface area contributed by atoms with Crippen molar-refractivity contribution in [3.63, 3.8) is 0 Å². The minimum atomic E-state index is -1.04. The molecule has 8 heteroatoms. The average Bonchev–Trinajstić information content (AvgIpc) is 2.30. The minimum Gasteiger partial charge on any atom is -0.443 e. The fraction of sp³-hybridized carbons (Fsp3) is 0.100. The lowest BCUT2D eigenvalue weighted by molar-refractivity contribution is 0.149. The van der Waals surface area contributed by atoms with Gasteiger partial charge in [0.05, 0.1) is 11.3 Å². The topological polar surface area (TPSA) is 141 Å². The van der Waals surface area contributed by atoms with E-state index in [9.17, 15) is 9.18 Å². The summed E-state index contributed by atoms with van der Waals surface area (Å²) in [4.78, 5) is 14.1. The van der Waals surface area contributed by atoms with Gasteiger partial charge in [-0.2, -0.15) is 5.26 Å². The molecule has 1 aromatic rings. The molecule has 0 heterocycles. The van der Waals surface area contributed by atoms with Gasteiger partial charge in [0.15, 0.2) is 11.8 Å². The van der Waals surface area contributed by atoms with Crippen LogP contribution in [0.5, 0.6) is 0 Å². The van der Waals surface area contributed by atoms with E-state index in [1.807, 2.05) is 0 Å². The summed E-state index contributed by atoms with van der Waals surface area (Å²) < 4.78 is 18.2. The van der Waals surface area contributed by atoms with E-state index in [2.05, 4.69) is 9.73 Å². The fourth-order valence-electron chi connectivity index (χ4n) is 1.12. The molecular weight excluding hydrogens is 241 g/mol. The molecule has 1 rings (SSSR count). The van der Waals surface area contributed by atoms with Crippen molar-refractivity contribution in [2.75, 3.05) is 5.73 Å². The summed E-state index contributed by atoms with van der Waals surface area (Å²) in [5.41, 5.74) is 15.0. The summed E-state index contributed by atoms with van der Waals surface area (Å²) in [5.74, 6) is -1.27. The van der Waals surface area contributed by atoms with E-state index < -0.39 is 24.5 Å². The van der Waals surface area contributed by atoms with E-state index in [0.717, 1.165) is 0 Å². The Bertz CT molecular complexity index is 546. The van der Waals surface area contributed by atoms with Gasteiger partial charge in [-0.3, -0.25) is 0 Å². The van der Waals surface area contributed by atoms with E-state index in [1.165, 1.54) is 12.1 Å². The highest BCUT2D eigenvalue weighted by molar-refractivity contribution is 5.87. The number of hydrogen-bond acceptors (Lipinski definition) is 4. The number of carbonyl (C=O) groups excluding carboxylic acids is 1. The number of nitrogens with two attached hydrogens (primary N) is 3. The van der Waals surface area contributed by atoms with Crippen LogP contribution in [-0.2, 0) is 11.3 Å². The van der Waals surface area contributed by atoms with Crippen molar-refractivity contribution in [1.82, 2.24) is 0 Å². The van der Waals surface area contributed by atoms with Crippen LogP contribution in [0, 0.1) is 17.1 Å². The highest BCUT2D eigenvalue weighted by Crippen LogP contribution is 2.20. The van der Waals surface area contributed by atoms with Gasteiger partial charge >= 0.3 is 6.09 Å². The maximum Gasteiger partial charge on any atom is 0.437 e. The van der Waals surface area contributed by atoms with Crippen molar-refractivity contribution in [2.24, 2.45) is 16.5 Å². The molecule has 1 aromatic carbocycles. The lowest BCUT2D eigenvalue weighted by atomic mass is 10.1. The number of amides is 1. The molecule has 18 heavy (non-hydrogen) atoms. The van der Waals surface area contributed by atoms with E-state index in [1.54, 1.807) is 6.07 Å². The molecule has 0 aliphatic carbocycles. The standard InChI is InChI=1S/C10H10FN5O2/c11-7-6(2-1-5(3-12)8(7)13)4-18-10(17)16-9(14)15/h1-2H,4,13H2,(H4,14,15,16,17). The zero-order valence-corrected chi connectivity index (χ0v) is 9.18. The Kier molecular flexibility index (Phi) is 4.04. The fourth-order valence-corrected chi connectivity index (χ4v) is 1.12. The number of carbonyl (C=O) groups is 1. The third kappa shape index (κ3) is 3.08. The number of aliphatic imine (C=N–C) groups is 1. The van der Waals surface area contributed by atoms with E-state index in [4.69, 9.17) is 22.5 Å². The molecule has 7 nitrogen and oxygen atoms in total. The Morgan fingerprint density at radius 1 is 1.50 bits per heavy atom. The smallest absolute Gasteiger partial charge is 0.437 e. The largest absolute Gasteiger partial charge is 0.443 e. The normalized spacial score (nSPS) is 9.33. The van der Waals surface area contributed by atoms with E-state index >= 15 is 0 Å². The van der Waals surface area contributed by atoms with Crippen molar-refractivity contribution in [3.05, 3.63) is 29.1 Å². The van der Waals surface area contributed by atoms with Crippen LogP contribution < -0.4 is 17.2 Å². The third-order valence-electron chi connectivity index (χ3n) is 1.95. The summed E-state index contributed by atoms with van der Waals surface area (Å²) in [6.45, 7) is -0.392. The van der Waals surface area contributed by atoms with Gasteiger partial charge in [-0.15, -0.1) is 4.99 Å². The molecule has 0 atom stereocenters. The predicted molar refractivity (Wildman–Crippen MR) is 61.5 cm³/mol. The van der Waals surface area contributed by atoms with Gasteiger partial charge in [0, 0.05) is 5.56 Å². The highest BCUT2D eigenvalue weighted by atomic mass is 19.1. The zero-order chi connectivity index (χ0) is 13.7. The minimum absolute atomic E-state index is 0.00630. The summed E-state index contributed by atoms with van der Waals surface area (Å²) >= 11 is 0. The van der Waals surface area contributed by atoms with Gasteiger partial charge in [0.1, 0.15) is 12.7 Å². The monoisotopic (exact) mass is 251 g/mol. The number of hydrogen-bond donors (Lipinski definition) is 3. The van der Waals surface area contributed by atoms with Crippen LogP contribution in [0.15, 0.2) is 17.1 Å². The number of nitrogen functional groups attached to an aromatic ring is 1. The number of guanidine groups is 1. The van der Waals surface area contributed by atoms with Gasteiger partial charge in [0.25, 0.3) is 0 Å². The zero-order valence-electron chi connectivity index (χ0n) is 9.18. The maximum atomic E-state index is 13.6. The molecule has 0 fully saturated rings. The average molecular weight is 251 g/mol. The molecule has 0 spiro atoms. The lowest BCUT2D eigenvalue weighted by Gasteiger charge is -2.06. The van der Waals surface area contributed by atoms with Crippen LogP contribution in [0.2, 0.25) is 0 Å². The van der Waals surface area contributed by atoms with Crippen molar-refractivity contribution in [1.29, 1.82) is 5.26 Å². The second-order valence-corrected chi connectivity index (χ2v) is 3.20. The molecule has 1 amide bonds. The SMILES string of the molecule is N#Cc1ccc(COC(=O)N=C(N)N)c(F)c1N. The first-order valence-electron chi connectivity index (χ1n) is 4.69. The van der Waals surface area contributed by atoms with Gasteiger partial charge in [0.2, 0.25) is 0 Å². The first-order valence-corrected chi connectivity index (χ1v) is 4.69. The number of rotatable bonds is 2. The number of halogens is 1. The second kappa shape index (κ2) is 5.49. The van der Waals surface area contributed by atoms with Crippen molar-refractivity contribution in [2.45, 2.75) is 6.61 Å². The van der Waals surface area contributed by atoms with Crippen molar-refractivity contribution >= 4 is 17.7 Å². The molecule has 94 valence electrons. The first-order chi connectivity index (χ1) is 8.45. The third-order valence-corrected chi connectivity index (χ3v) is 1.95. The summed E-state index contributed by atoms with van der Waals surface area (Å²) in [5, 5.41) is 8.62. The summed E-state index contributed by atoms with van der Waals surface area (Å²) in [6.07, 6.45) is -1.04. The Hall–Kier alpha value is -2.82. The van der Waals surface area contributed by atoms with Crippen LogP contribution in [0.3, 0.4) is 0 Å². The summed E-state index contributed by atoms with van der Waals surface area (Å²) in [6, 6.07) is 4.33. The summed E-state index contributed by atoms with van der Waals surface area (Å²) in [7, 11) is 0. The highest BCUT2D eigenvalue weighted by Gasteiger charge is 2.12. The Labute approximate surface area is 102 Å². The van der Waals surface area contributed by atoms with Gasteiger partial charge in [-0.05, 0) is 6.07 Å². The van der Waals surface area contributed by atoms with E-state index in [0.29, 0.717) is 0 Å². The molecular formula is C10H10FN5O2. The molecule has 0 aromatic heterocycles. The van der Waals surface area contributed by atoms with Gasteiger partial charge in [-0.1, -0.05) is 6.07 Å². The quantitative estimate of drug-likeness (QED) is 0.389. The van der Waals surface area contributed by atoms with Crippen LogP contribution in [0.4, 0.5) is 14.9 Å². The number of ether oxygens (including phenoxy) is 1. The molecule has 0 saturated heterocycles. The number of benzene rings is 1. The Morgan fingerprint density at radius 3 is 2.72 bits per heavy atom. The van der Waals surface area contributed by atoms with Gasteiger partial charge in [-0.25, -0.2) is 9.18 Å². The molecule has 0 aliphatic heterocycles. The predicted octanol–water partition coefficient (Wildman–Crippen LogP) is 0.190. The Morgan fingerprint density at radius 2 is 2.17 bits per heavy atom. The molecule has 0 aliphatic rings.